The predicted molar refractivity (Wildman–Crippen MR) is 108 cm³/mol. The molecule has 0 aliphatic carbocycles. The van der Waals surface area contributed by atoms with Crippen LogP contribution >= 0.6 is 11.6 Å². The Morgan fingerprint density at radius 2 is 1.82 bits per heavy atom. The van der Waals surface area contributed by atoms with Crippen LogP contribution in [0.4, 0.5) is 0 Å². The number of carbonyl (C=O) groups excluding carboxylic acids is 1. The Morgan fingerprint density at radius 3 is 2.54 bits per heavy atom. The fourth-order valence-corrected chi connectivity index (χ4v) is 3.91. The fraction of sp³-hybridized carbons (Fsp3) is 0.158. The molecule has 0 aliphatic heterocycles. The molecule has 0 saturated carbocycles. The van der Waals surface area contributed by atoms with Gasteiger partial charge >= 0.3 is 0 Å². The van der Waals surface area contributed by atoms with Crippen LogP contribution in [0.5, 0.6) is 0 Å². The number of benzene rings is 2. The molecule has 2 N–H and O–H groups in total. The van der Waals surface area contributed by atoms with Crippen LogP contribution < -0.4 is 10.9 Å². The first-order valence-electron chi connectivity index (χ1n) is 8.36. The van der Waals surface area contributed by atoms with Crippen molar-refractivity contribution in [2.45, 2.75) is 11.4 Å². The Hall–Kier alpha value is -2.68. The number of fused-ring (bicyclic) bond motifs is 1. The van der Waals surface area contributed by atoms with E-state index >= 15 is 0 Å². The van der Waals surface area contributed by atoms with Crippen molar-refractivity contribution in [2.75, 3.05) is 13.6 Å². The van der Waals surface area contributed by atoms with E-state index in [2.05, 4.69) is 10.3 Å². The Balaban J connectivity index is 1.69. The minimum Gasteiger partial charge on any atom is -0.351 e. The molecular formula is C19H18ClN3O4S. The van der Waals surface area contributed by atoms with Gasteiger partial charge < -0.3 is 10.3 Å². The smallest absolute Gasteiger partial charge is 0.248 e. The predicted octanol–water partition coefficient (Wildman–Crippen LogP) is 2.12. The number of aromatic amines is 1. The largest absolute Gasteiger partial charge is 0.351 e. The molecule has 0 atom stereocenters. The highest BCUT2D eigenvalue weighted by Gasteiger charge is 2.23. The Morgan fingerprint density at radius 1 is 1.11 bits per heavy atom. The van der Waals surface area contributed by atoms with Crippen molar-refractivity contribution in [3.63, 3.8) is 0 Å². The molecule has 28 heavy (non-hydrogen) atoms. The van der Waals surface area contributed by atoms with E-state index in [1.165, 1.54) is 31.3 Å². The maximum absolute atomic E-state index is 12.7. The molecule has 3 rings (SSSR count). The number of nitrogens with zero attached hydrogens (tertiary/aromatic N) is 1. The number of likely N-dealkylation sites (N-methyl/N-ethyl adjacent to an activating group) is 1. The summed E-state index contributed by atoms with van der Waals surface area (Å²) < 4.78 is 26.5. The van der Waals surface area contributed by atoms with E-state index < -0.39 is 15.9 Å². The second-order valence-electron chi connectivity index (χ2n) is 6.24. The van der Waals surface area contributed by atoms with Crippen molar-refractivity contribution in [1.29, 1.82) is 0 Å². The van der Waals surface area contributed by atoms with Crippen LogP contribution in [0.2, 0.25) is 5.02 Å². The van der Waals surface area contributed by atoms with Gasteiger partial charge in [-0.3, -0.25) is 9.59 Å². The van der Waals surface area contributed by atoms with Gasteiger partial charge in [0.15, 0.2) is 0 Å². The average molecular weight is 420 g/mol. The van der Waals surface area contributed by atoms with Crippen molar-refractivity contribution in [3.05, 3.63) is 75.5 Å². The molecule has 0 fully saturated rings. The van der Waals surface area contributed by atoms with Crippen LogP contribution in [-0.2, 0) is 21.4 Å². The van der Waals surface area contributed by atoms with Crippen LogP contribution in [-0.4, -0.2) is 37.2 Å². The summed E-state index contributed by atoms with van der Waals surface area (Å²) in [6, 6.07) is 14.2. The fourth-order valence-electron chi connectivity index (χ4n) is 2.62. The molecule has 7 nitrogen and oxygen atoms in total. The molecule has 146 valence electrons. The maximum atomic E-state index is 12.7. The first kappa shape index (κ1) is 20.1. The Labute approximate surface area is 167 Å². The molecule has 1 amide bonds. The van der Waals surface area contributed by atoms with Crippen LogP contribution in [0, 0.1) is 0 Å². The highest BCUT2D eigenvalue weighted by Crippen LogP contribution is 2.19. The lowest BCUT2D eigenvalue weighted by atomic mass is 10.2. The van der Waals surface area contributed by atoms with Crippen molar-refractivity contribution < 1.29 is 13.2 Å². The molecule has 1 heterocycles. The standard InChI is InChI=1S/C19H18ClN3O4S/c1-23(12-19(25)21-11-13-2-5-15(20)6-3-13)28(26,27)16-7-8-17-14(10-16)4-9-18(24)22-17/h2-10H,11-12H2,1H3,(H,21,25)(H,22,24). The second-order valence-corrected chi connectivity index (χ2v) is 8.72. The number of aromatic nitrogens is 1. The molecule has 0 bridgehead atoms. The summed E-state index contributed by atoms with van der Waals surface area (Å²) in [5, 5.41) is 3.86. The first-order valence-corrected chi connectivity index (χ1v) is 10.2. The number of nitrogens with one attached hydrogen (secondary N) is 2. The number of hydrogen-bond acceptors (Lipinski definition) is 4. The maximum Gasteiger partial charge on any atom is 0.248 e. The van der Waals surface area contributed by atoms with Gasteiger partial charge in [-0.2, -0.15) is 4.31 Å². The number of rotatable bonds is 6. The van der Waals surface area contributed by atoms with E-state index in [1.807, 2.05) is 0 Å². The molecule has 0 aliphatic rings. The number of hydrogen-bond donors (Lipinski definition) is 2. The monoisotopic (exact) mass is 419 g/mol. The summed E-state index contributed by atoms with van der Waals surface area (Å²) in [4.78, 5) is 26.2. The summed E-state index contributed by atoms with van der Waals surface area (Å²) in [6.45, 7) is -0.0488. The number of sulfonamides is 1. The highest BCUT2D eigenvalue weighted by molar-refractivity contribution is 7.89. The molecule has 0 radical (unpaired) electrons. The van der Waals surface area contributed by atoms with Gasteiger partial charge in [-0.25, -0.2) is 8.42 Å². The first-order chi connectivity index (χ1) is 13.3. The summed E-state index contributed by atoms with van der Waals surface area (Å²) in [5.74, 6) is -0.425. The van der Waals surface area contributed by atoms with Gasteiger partial charge in [0.25, 0.3) is 0 Å². The second kappa shape index (κ2) is 8.14. The van der Waals surface area contributed by atoms with Gasteiger partial charge in [-0.1, -0.05) is 23.7 Å². The zero-order valence-electron chi connectivity index (χ0n) is 15.0. The molecule has 9 heteroatoms. The van der Waals surface area contributed by atoms with Crippen molar-refractivity contribution in [1.82, 2.24) is 14.6 Å². The Kier molecular flexibility index (Phi) is 5.83. The third-order valence-electron chi connectivity index (χ3n) is 4.17. The Bertz CT molecular complexity index is 1170. The van der Waals surface area contributed by atoms with E-state index in [0.29, 0.717) is 15.9 Å². The normalized spacial score (nSPS) is 11.7. The van der Waals surface area contributed by atoms with Crippen molar-refractivity contribution in [2.24, 2.45) is 0 Å². The third-order valence-corrected chi connectivity index (χ3v) is 6.22. The van der Waals surface area contributed by atoms with Gasteiger partial charge in [0.2, 0.25) is 21.5 Å². The van der Waals surface area contributed by atoms with Crippen LogP contribution in [0.25, 0.3) is 10.9 Å². The van der Waals surface area contributed by atoms with Crippen LogP contribution in [0.15, 0.2) is 64.3 Å². The van der Waals surface area contributed by atoms with E-state index in [1.54, 1.807) is 30.3 Å². The number of pyridine rings is 1. The summed E-state index contributed by atoms with van der Waals surface area (Å²) in [6.07, 6.45) is 0. The third kappa shape index (κ3) is 4.59. The zero-order chi connectivity index (χ0) is 20.3. The summed E-state index contributed by atoms with van der Waals surface area (Å²) in [7, 11) is -2.52. The molecule has 3 aromatic rings. The molecule has 0 spiro atoms. The van der Waals surface area contributed by atoms with E-state index in [0.717, 1.165) is 9.87 Å². The highest BCUT2D eigenvalue weighted by atomic mass is 35.5. The van der Waals surface area contributed by atoms with Gasteiger partial charge in [-0.15, -0.1) is 0 Å². The quantitative estimate of drug-likeness (QED) is 0.639. The lowest BCUT2D eigenvalue weighted by Crippen LogP contribution is -2.38. The molecule has 2 aromatic carbocycles. The lowest BCUT2D eigenvalue weighted by Gasteiger charge is -2.17. The minimum absolute atomic E-state index is 0.0417. The molecule has 0 unspecified atom stereocenters. The van der Waals surface area contributed by atoms with Crippen molar-refractivity contribution >= 4 is 38.4 Å². The molecule has 1 aromatic heterocycles. The van der Waals surface area contributed by atoms with Gasteiger partial charge in [0, 0.05) is 30.2 Å². The number of amides is 1. The molecular weight excluding hydrogens is 402 g/mol. The van der Waals surface area contributed by atoms with Crippen LogP contribution in [0.3, 0.4) is 0 Å². The topological polar surface area (TPSA) is 99.3 Å². The number of H-pyrrole nitrogens is 1. The van der Waals surface area contributed by atoms with Crippen LogP contribution in [0.1, 0.15) is 5.56 Å². The minimum atomic E-state index is -3.86. The summed E-state index contributed by atoms with van der Waals surface area (Å²) >= 11 is 5.82. The van der Waals surface area contributed by atoms with Crippen molar-refractivity contribution in [3.8, 4) is 0 Å². The number of carbonyl (C=O) groups is 1. The average Bonchev–Trinajstić information content (AvgIpc) is 2.67. The van der Waals surface area contributed by atoms with Gasteiger partial charge in [0.1, 0.15) is 0 Å². The zero-order valence-corrected chi connectivity index (χ0v) is 16.5. The van der Waals surface area contributed by atoms with E-state index in [9.17, 15) is 18.0 Å². The van der Waals surface area contributed by atoms with E-state index in [4.69, 9.17) is 11.6 Å². The molecule has 0 saturated heterocycles. The SMILES string of the molecule is CN(CC(=O)NCc1ccc(Cl)cc1)S(=O)(=O)c1ccc2[nH]c(=O)ccc2c1. The van der Waals surface area contributed by atoms with Gasteiger partial charge in [-0.05, 0) is 47.3 Å². The summed E-state index contributed by atoms with van der Waals surface area (Å²) in [5.41, 5.74) is 1.12. The lowest BCUT2D eigenvalue weighted by molar-refractivity contribution is -0.121. The van der Waals surface area contributed by atoms with Gasteiger partial charge in [0.05, 0.1) is 11.4 Å². The van der Waals surface area contributed by atoms with E-state index in [-0.39, 0.29) is 23.5 Å². The number of halogens is 1.